The Balaban J connectivity index is 2.01. The van der Waals surface area contributed by atoms with Crippen molar-refractivity contribution in [2.75, 3.05) is 6.61 Å². The van der Waals surface area contributed by atoms with Crippen molar-refractivity contribution in [3.63, 3.8) is 0 Å². The first-order valence-electron chi connectivity index (χ1n) is 9.14. The van der Waals surface area contributed by atoms with E-state index in [1.165, 1.54) is 17.8 Å². The second-order valence-electron chi connectivity index (χ2n) is 6.47. The Hall–Kier alpha value is -2.21. The van der Waals surface area contributed by atoms with Crippen molar-refractivity contribution in [2.24, 2.45) is 10.9 Å². The lowest BCUT2D eigenvalue weighted by Gasteiger charge is -2.17. The lowest BCUT2D eigenvalue weighted by molar-refractivity contribution is -0.122. The van der Waals surface area contributed by atoms with E-state index in [1.54, 1.807) is 19.1 Å². The molecule has 26 heavy (non-hydrogen) atoms. The van der Waals surface area contributed by atoms with Crippen molar-refractivity contribution in [1.82, 2.24) is 4.57 Å². The highest BCUT2D eigenvalue weighted by Gasteiger charge is 2.21. The Bertz CT molecular complexity index is 888. The summed E-state index contributed by atoms with van der Waals surface area (Å²) in [5.41, 5.74) is 1.45. The first-order chi connectivity index (χ1) is 12.6. The normalized spacial score (nSPS) is 16.0. The minimum atomic E-state index is -0.338. The molecule has 6 heteroatoms. The summed E-state index contributed by atoms with van der Waals surface area (Å²) >= 11 is 1.43. The predicted octanol–water partition coefficient (Wildman–Crippen LogP) is 4.07. The summed E-state index contributed by atoms with van der Waals surface area (Å²) in [5, 5.41) is 0. The molecule has 0 bridgehead atoms. The zero-order chi connectivity index (χ0) is 18.5. The Labute approximate surface area is 157 Å². The molecule has 1 saturated carbocycles. The van der Waals surface area contributed by atoms with Crippen molar-refractivity contribution in [3.05, 3.63) is 41.2 Å². The van der Waals surface area contributed by atoms with Gasteiger partial charge in [-0.25, -0.2) is 4.79 Å². The maximum atomic E-state index is 12.6. The van der Waals surface area contributed by atoms with Crippen molar-refractivity contribution in [3.8, 4) is 0 Å². The van der Waals surface area contributed by atoms with Gasteiger partial charge in [0.15, 0.2) is 4.80 Å². The number of hydrogen-bond acceptors (Lipinski definition) is 4. The number of rotatable bonds is 5. The smallest absolute Gasteiger partial charge is 0.338 e. The molecule has 0 N–H and O–H groups in total. The number of esters is 1. The van der Waals surface area contributed by atoms with Gasteiger partial charge in [0.25, 0.3) is 5.91 Å². The lowest BCUT2D eigenvalue weighted by atomic mass is 9.89. The van der Waals surface area contributed by atoms with Crippen LogP contribution in [0.1, 0.15) is 49.4 Å². The Kier molecular flexibility index (Phi) is 6.04. The topological polar surface area (TPSA) is 60.7 Å². The Morgan fingerprint density at radius 2 is 2.12 bits per heavy atom. The highest BCUT2D eigenvalue weighted by molar-refractivity contribution is 7.16. The van der Waals surface area contributed by atoms with Gasteiger partial charge >= 0.3 is 5.97 Å². The summed E-state index contributed by atoms with van der Waals surface area (Å²) < 4.78 is 7.96. The number of benzene rings is 1. The fourth-order valence-corrected chi connectivity index (χ4v) is 4.42. The summed E-state index contributed by atoms with van der Waals surface area (Å²) in [4.78, 5) is 29.7. The van der Waals surface area contributed by atoms with Crippen LogP contribution >= 0.6 is 11.3 Å². The molecule has 1 aliphatic carbocycles. The highest BCUT2D eigenvalue weighted by Crippen LogP contribution is 2.25. The van der Waals surface area contributed by atoms with E-state index in [9.17, 15) is 9.59 Å². The molecule has 1 heterocycles. The largest absolute Gasteiger partial charge is 0.462 e. The Morgan fingerprint density at radius 1 is 1.35 bits per heavy atom. The maximum absolute atomic E-state index is 12.6. The summed E-state index contributed by atoms with van der Waals surface area (Å²) in [5.74, 6) is -0.323. The first kappa shape index (κ1) is 18.6. The average Bonchev–Trinajstić information content (AvgIpc) is 2.99. The van der Waals surface area contributed by atoms with Gasteiger partial charge in [-0.1, -0.05) is 36.7 Å². The van der Waals surface area contributed by atoms with E-state index in [0.29, 0.717) is 23.5 Å². The van der Waals surface area contributed by atoms with E-state index in [-0.39, 0.29) is 17.8 Å². The molecule has 3 rings (SSSR count). The van der Waals surface area contributed by atoms with Crippen LogP contribution in [0.5, 0.6) is 0 Å². The molecular weight excluding hydrogens is 348 g/mol. The third kappa shape index (κ3) is 3.96. The SMILES string of the molecule is C=CCn1c(=NC(=O)C2CCCCC2)sc2cc(C(=O)OCC)ccc21. The molecule has 2 aromatic rings. The quantitative estimate of drug-likeness (QED) is 0.587. The number of nitrogens with zero attached hydrogens (tertiary/aromatic N) is 2. The van der Waals surface area contributed by atoms with Gasteiger partial charge in [0, 0.05) is 12.5 Å². The monoisotopic (exact) mass is 372 g/mol. The molecule has 1 aromatic heterocycles. The number of carbonyl (C=O) groups is 2. The average molecular weight is 372 g/mol. The number of allylic oxidation sites excluding steroid dienone is 1. The number of amides is 1. The maximum Gasteiger partial charge on any atom is 0.338 e. The van der Waals surface area contributed by atoms with Crippen molar-refractivity contribution in [2.45, 2.75) is 45.6 Å². The number of fused-ring (bicyclic) bond motifs is 1. The number of aromatic nitrogens is 1. The van der Waals surface area contributed by atoms with Crippen LogP contribution in [-0.2, 0) is 16.1 Å². The minimum absolute atomic E-state index is 0.0281. The molecule has 0 radical (unpaired) electrons. The first-order valence-corrected chi connectivity index (χ1v) is 9.95. The van der Waals surface area contributed by atoms with Crippen LogP contribution in [0.3, 0.4) is 0 Å². The lowest BCUT2D eigenvalue weighted by Crippen LogP contribution is -2.21. The van der Waals surface area contributed by atoms with Crippen LogP contribution in [0.4, 0.5) is 0 Å². The zero-order valence-corrected chi connectivity index (χ0v) is 15.9. The molecule has 0 atom stereocenters. The summed E-state index contributed by atoms with van der Waals surface area (Å²) in [6.07, 6.45) is 7.07. The Morgan fingerprint density at radius 3 is 2.81 bits per heavy atom. The van der Waals surface area contributed by atoms with Crippen LogP contribution in [0.2, 0.25) is 0 Å². The molecule has 1 aromatic carbocycles. The number of carbonyl (C=O) groups excluding carboxylic acids is 2. The van der Waals surface area contributed by atoms with Crippen molar-refractivity contribution >= 4 is 33.4 Å². The van der Waals surface area contributed by atoms with Gasteiger partial charge in [0.05, 0.1) is 22.4 Å². The molecule has 1 fully saturated rings. The van der Waals surface area contributed by atoms with Crippen molar-refractivity contribution in [1.29, 1.82) is 0 Å². The van der Waals surface area contributed by atoms with E-state index >= 15 is 0 Å². The molecule has 0 unspecified atom stereocenters. The second kappa shape index (κ2) is 8.45. The third-order valence-corrected chi connectivity index (χ3v) is 5.71. The molecular formula is C20H24N2O3S. The molecule has 1 aliphatic rings. The van der Waals surface area contributed by atoms with Gasteiger partial charge in [-0.05, 0) is 38.0 Å². The summed E-state index contributed by atoms with van der Waals surface area (Å²) in [6.45, 7) is 6.50. The van der Waals surface area contributed by atoms with E-state index in [0.717, 1.165) is 35.9 Å². The number of ether oxygens (including phenoxy) is 1. The van der Waals surface area contributed by atoms with Crippen LogP contribution in [-0.4, -0.2) is 23.1 Å². The number of hydrogen-bond donors (Lipinski definition) is 0. The molecule has 5 nitrogen and oxygen atoms in total. The molecule has 138 valence electrons. The van der Waals surface area contributed by atoms with E-state index in [2.05, 4.69) is 11.6 Å². The minimum Gasteiger partial charge on any atom is -0.462 e. The number of thiazole rings is 1. The van der Waals surface area contributed by atoms with Gasteiger partial charge in [0.1, 0.15) is 0 Å². The fourth-order valence-electron chi connectivity index (χ4n) is 3.34. The molecule has 1 amide bonds. The van der Waals surface area contributed by atoms with Gasteiger partial charge in [-0.2, -0.15) is 4.99 Å². The van der Waals surface area contributed by atoms with Gasteiger partial charge in [0.2, 0.25) is 0 Å². The third-order valence-electron chi connectivity index (χ3n) is 4.67. The van der Waals surface area contributed by atoms with Gasteiger partial charge in [-0.15, -0.1) is 6.58 Å². The van der Waals surface area contributed by atoms with Crippen LogP contribution in [0.25, 0.3) is 10.2 Å². The van der Waals surface area contributed by atoms with Crippen LogP contribution < -0.4 is 4.80 Å². The van der Waals surface area contributed by atoms with Gasteiger partial charge in [-0.3, -0.25) is 4.79 Å². The van der Waals surface area contributed by atoms with Crippen LogP contribution in [0.15, 0.2) is 35.8 Å². The van der Waals surface area contributed by atoms with Gasteiger partial charge < -0.3 is 9.30 Å². The fraction of sp³-hybridized carbons (Fsp3) is 0.450. The van der Waals surface area contributed by atoms with E-state index in [4.69, 9.17) is 4.74 Å². The van der Waals surface area contributed by atoms with E-state index < -0.39 is 0 Å². The zero-order valence-electron chi connectivity index (χ0n) is 15.1. The second-order valence-corrected chi connectivity index (χ2v) is 7.48. The van der Waals surface area contributed by atoms with Crippen molar-refractivity contribution < 1.29 is 14.3 Å². The predicted molar refractivity (Wildman–Crippen MR) is 103 cm³/mol. The standard InChI is InChI=1S/C20H24N2O3S/c1-3-12-22-16-11-10-15(19(24)25-4-2)13-17(16)26-20(22)21-18(23)14-8-6-5-7-9-14/h3,10-11,13-14H,1,4-9,12H2,2H3. The van der Waals surface area contributed by atoms with E-state index in [1.807, 2.05) is 16.7 Å². The molecule has 0 saturated heterocycles. The summed E-state index contributed by atoms with van der Waals surface area (Å²) in [6, 6.07) is 5.44. The summed E-state index contributed by atoms with van der Waals surface area (Å²) in [7, 11) is 0. The van der Waals surface area contributed by atoms with Crippen LogP contribution in [0, 0.1) is 5.92 Å². The molecule has 0 aliphatic heterocycles. The highest BCUT2D eigenvalue weighted by atomic mass is 32.1. The molecule has 0 spiro atoms.